The Bertz CT molecular complexity index is 1380. The van der Waals surface area contributed by atoms with Gasteiger partial charge in [0.25, 0.3) is 0 Å². The smallest absolute Gasteiger partial charge is 0.164 e. The summed E-state index contributed by atoms with van der Waals surface area (Å²) in [7, 11) is -6.24. The van der Waals surface area contributed by atoms with Gasteiger partial charge in [0.15, 0.2) is 11.6 Å². The second kappa shape index (κ2) is 11.4. The highest BCUT2D eigenvalue weighted by atomic mass is 31.2. The van der Waals surface area contributed by atoms with E-state index >= 15 is 8.78 Å². The molecule has 0 saturated carbocycles. The van der Waals surface area contributed by atoms with Crippen molar-refractivity contribution >= 4 is 25.4 Å². The summed E-state index contributed by atoms with van der Waals surface area (Å²) in [5, 5.41) is -0.0847. The van der Waals surface area contributed by atoms with Crippen molar-refractivity contribution in [1.82, 2.24) is 4.44 Å². The fraction of sp³-hybridized carbons (Fsp3) is 0.212. The molecule has 0 aromatic heterocycles. The van der Waals surface area contributed by atoms with Gasteiger partial charge in [0.05, 0.1) is 24.8 Å². The van der Waals surface area contributed by atoms with Crippen molar-refractivity contribution in [2.45, 2.75) is 44.0 Å². The summed E-state index contributed by atoms with van der Waals surface area (Å²) in [6.07, 6.45) is 1.64. The third kappa shape index (κ3) is 4.91. The molecule has 40 heavy (non-hydrogen) atoms. The van der Waals surface area contributed by atoms with Crippen LogP contribution in [0.2, 0.25) is 0 Å². The van der Waals surface area contributed by atoms with Crippen LogP contribution < -0.4 is 10.6 Å². The van der Waals surface area contributed by atoms with E-state index in [1.807, 2.05) is 50.2 Å². The Balaban J connectivity index is 1.86. The van der Waals surface area contributed by atoms with E-state index in [1.165, 1.54) is 0 Å². The largest absolute Gasteiger partial charge is 0.207 e. The van der Waals surface area contributed by atoms with Crippen molar-refractivity contribution in [3.8, 4) is 0 Å². The summed E-state index contributed by atoms with van der Waals surface area (Å²) in [5.74, 6) is -2.71. The quantitative estimate of drug-likeness (QED) is 0.119. The molecule has 0 N–H and O–H groups in total. The molecule has 1 heterocycles. The maximum Gasteiger partial charge on any atom is 0.164 e. The van der Waals surface area contributed by atoms with Crippen LogP contribution in [0.4, 0.5) is 17.6 Å². The summed E-state index contributed by atoms with van der Waals surface area (Å²) in [6, 6.07) is 26.2. The Kier molecular flexibility index (Phi) is 8.22. The number of hydrogen-bond donors (Lipinski definition) is 0. The van der Waals surface area contributed by atoms with Gasteiger partial charge >= 0.3 is 0 Å². The predicted molar refractivity (Wildman–Crippen MR) is 161 cm³/mol. The van der Waals surface area contributed by atoms with E-state index in [-0.39, 0.29) is 28.0 Å². The molecule has 1 aliphatic heterocycles. The van der Waals surface area contributed by atoms with Gasteiger partial charge in [0.1, 0.15) is 22.2 Å². The fourth-order valence-electron chi connectivity index (χ4n) is 6.46. The van der Waals surface area contributed by atoms with Gasteiger partial charge in [-0.25, -0.2) is 17.6 Å². The van der Waals surface area contributed by atoms with Gasteiger partial charge in [-0.1, -0.05) is 60.7 Å². The normalized spacial score (nSPS) is 18.9. The first kappa shape index (κ1) is 28.9. The Morgan fingerprint density at radius 3 is 1.48 bits per heavy atom. The van der Waals surface area contributed by atoms with Crippen LogP contribution in [0.1, 0.15) is 49.1 Å². The molecule has 4 aromatic rings. The molecule has 1 aliphatic rings. The monoisotopic (exact) mass is 581 g/mol. The minimum atomic E-state index is -3.56. The third-order valence-corrected chi connectivity index (χ3v) is 17.8. The van der Waals surface area contributed by atoms with Gasteiger partial charge in [-0.15, -0.1) is 11.1 Å². The minimum Gasteiger partial charge on any atom is -0.207 e. The topological polar surface area (TPSA) is 3.24 Å². The summed E-state index contributed by atoms with van der Waals surface area (Å²) in [4.78, 5) is 0. The summed E-state index contributed by atoms with van der Waals surface area (Å²) < 4.78 is 63.4. The van der Waals surface area contributed by atoms with Crippen molar-refractivity contribution in [1.29, 1.82) is 0 Å². The van der Waals surface area contributed by atoms with Crippen LogP contribution in [0.15, 0.2) is 97.1 Å². The lowest BCUT2D eigenvalue weighted by Gasteiger charge is -2.53. The van der Waals surface area contributed by atoms with Gasteiger partial charge < -0.3 is 0 Å². The Morgan fingerprint density at radius 1 is 0.700 bits per heavy atom. The van der Waals surface area contributed by atoms with Crippen molar-refractivity contribution in [2.75, 3.05) is 0 Å². The maximum absolute atomic E-state index is 15.8. The van der Waals surface area contributed by atoms with Crippen LogP contribution in [0.5, 0.6) is 0 Å². The number of nitrogens with zero attached hydrogens (tertiary/aromatic N) is 1. The number of halogens is 4. The highest BCUT2D eigenvalue weighted by Crippen LogP contribution is 2.92. The van der Waals surface area contributed by atoms with Gasteiger partial charge in [0.2, 0.25) is 0 Å². The zero-order valence-electron chi connectivity index (χ0n) is 22.7. The molecule has 0 spiro atoms. The SMILES string of the molecule is [CH2-][P+](c1cc(F)ccc1F)(c1cc(F)ccc1F)N(C(C)C)[P+]1([CH2-])[C@H](c2ccccc2)CC[C@H]1c1ccccc1. The second-order valence-corrected chi connectivity index (χ2v) is 17.4. The van der Waals surface area contributed by atoms with E-state index < -0.39 is 38.1 Å². The first-order valence-corrected chi connectivity index (χ1v) is 17.3. The first-order valence-electron chi connectivity index (χ1n) is 13.4. The molecule has 1 nitrogen and oxygen atoms in total. The lowest BCUT2D eigenvalue weighted by atomic mass is 10.0. The molecule has 0 bridgehead atoms. The zero-order chi connectivity index (χ0) is 28.7. The molecule has 0 aliphatic carbocycles. The highest BCUT2D eigenvalue weighted by Gasteiger charge is 2.62. The standard InChI is InChI=1S/C33H33F4NP2/c1-23(2)38(40(4,32-21-26(34)15-17-28(32)36)33-22-27(35)16-18-29(33)37)39(3)30(24-11-7-5-8-12-24)19-20-31(39)25-13-9-6-10-14-25/h5-18,21-23,30-31H,3-4,19-20H2,1-2H3/t30-,31-/m0/s1. The third-order valence-electron chi connectivity index (χ3n) is 7.97. The average molecular weight is 582 g/mol. The van der Waals surface area contributed by atoms with Crippen molar-refractivity contribution < 1.29 is 17.6 Å². The molecule has 0 radical (unpaired) electrons. The number of hydrogen-bond acceptors (Lipinski definition) is 1. The van der Waals surface area contributed by atoms with E-state index in [4.69, 9.17) is 6.66 Å². The molecule has 2 atom stereocenters. The molecule has 4 aromatic carbocycles. The number of rotatable bonds is 7. The molecule has 7 heteroatoms. The second-order valence-electron chi connectivity index (χ2n) is 10.7. The molecule has 208 valence electrons. The number of benzene rings is 4. The van der Waals surface area contributed by atoms with Crippen LogP contribution in [0.25, 0.3) is 0 Å². The van der Waals surface area contributed by atoms with E-state index in [0.29, 0.717) is 0 Å². The molecule has 0 amide bonds. The van der Waals surface area contributed by atoms with E-state index in [1.54, 1.807) is 0 Å². The molecular formula is C33H33F4NP2. The fourth-order valence-corrected chi connectivity index (χ4v) is 17.5. The van der Waals surface area contributed by atoms with Crippen molar-refractivity contribution in [2.24, 2.45) is 0 Å². The lowest BCUT2D eigenvalue weighted by Crippen LogP contribution is -2.42. The summed E-state index contributed by atoms with van der Waals surface area (Å²) in [6.45, 7) is 13.5. The van der Waals surface area contributed by atoms with Crippen LogP contribution in [0, 0.1) is 36.6 Å². The van der Waals surface area contributed by atoms with E-state index in [0.717, 1.165) is 60.4 Å². The van der Waals surface area contributed by atoms with Gasteiger partial charge in [0, 0.05) is 19.5 Å². The molecular weight excluding hydrogens is 548 g/mol. The lowest BCUT2D eigenvalue weighted by molar-refractivity contribution is 0.551. The summed E-state index contributed by atoms with van der Waals surface area (Å²) >= 11 is 0. The Labute approximate surface area is 236 Å². The molecule has 1 fully saturated rings. The Morgan fingerprint density at radius 2 is 1.10 bits per heavy atom. The van der Waals surface area contributed by atoms with Crippen molar-refractivity contribution in [3.05, 3.63) is 145 Å². The maximum atomic E-state index is 15.8. The van der Waals surface area contributed by atoms with Gasteiger partial charge in [-0.2, -0.15) is 6.66 Å². The highest BCUT2D eigenvalue weighted by molar-refractivity contribution is 7.97. The average Bonchev–Trinajstić information content (AvgIpc) is 3.28. The molecule has 5 rings (SSSR count). The molecule has 1 saturated heterocycles. The molecule has 0 unspecified atom stereocenters. The zero-order valence-corrected chi connectivity index (χ0v) is 24.4. The Hall–Kier alpha value is -2.58. The van der Waals surface area contributed by atoms with Gasteiger partial charge in [-0.3, -0.25) is 0 Å². The van der Waals surface area contributed by atoms with Gasteiger partial charge in [-0.05, 0) is 62.1 Å². The van der Waals surface area contributed by atoms with Crippen molar-refractivity contribution in [3.63, 3.8) is 0 Å². The first-order chi connectivity index (χ1) is 19.1. The van der Waals surface area contributed by atoms with E-state index in [2.05, 4.69) is 35.4 Å². The van der Waals surface area contributed by atoms with E-state index in [9.17, 15) is 8.78 Å². The van der Waals surface area contributed by atoms with Crippen LogP contribution in [-0.2, 0) is 0 Å². The van der Waals surface area contributed by atoms with Crippen LogP contribution in [-0.4, -0.2) is 10.5 Å². The predicted octanol–water partition coefficient (Wildman–Crippen LogP) is 9.63. The minimum absolute atomic E-state index is 0.0318. The summed E-state index contributed by atoms with van der Waals surface area (Å²) in [5.41, 5.74) is 2.13. The van der Waals surface area contributed by atoms with Crippen LogP contribution >= 0.6 is 14.8 Å². The van der Waals surface area contributed by atoms with Crippen LogP contribution in [0.3, 0.4) is 0 Å².